The van der Waals surface area contributed by atoms with Gasteiger partial charge in [-0.3, -0.25) is 0 Å². The van der Waals surface area contributed by atoms with Crippen LogP contribution in [-0.4, -0.2) is 0 Å². The molecule has 0 amide bonds. The van der Waals surface area contributed by atoms with E-state index in [0.717, 1.165) is 26.5 Å². The summed E-state index contributed by atoms with van der Waals surface area (Å²) in [5.74, 6) is 0.673. The van der Waals surface area contributed by atoms with Gasteiger partial charge in [-0.25, -0.2) is 0 Å². The fraction of sp³-hybridized carbons (Fsp3) is 0.294. The van der Waals surface area contributed by atoms with Crippen LogP contribution < -0.4 is 0 Å². The van der Waals surface area contributed by atoms with Gasteiger partial charge in [0.25, 0.3) is 0 Å². The van der Waals surface area contributed by atoms with Crippen molar-refractivity contribution in [2.24, 2.45) is 5.92 Å². The minimum Gasteiger partial charge on any atom is -0.113 e. The highest BCUT2D eigenvalue weighted by molar-refractivity contribution is 9.11. The molecule has 0 radical (unpaired) electrons. The molecule has 2 rings (SSSR count). The van der Waals surface area contributed by atoms with Crippen LogP contribution in [0.3, 0.4) is 0 Å². The van der Waals surface area contributed by atoms with Crippen LogP contribution in [0, 0.1) is 5.92 Å². The van der Waals surface area contributed by atoms with E-state index in [4.69, 9.17) is 11.6 Å². The smallest absolute Gasteiger partial charge is 0.0846 e. The summed E-state index contributed by atoms with van der Waals surface area (Å²) in [5, 5.41) is -0.144. The van der Waals surface area contributed by atoms with Crippen molar-refractivity contribution in [3.8, 4) is 0 Å². The second-order valence-corrected chi connectivity index (χ2v) is 7.57. The van der Waals surface area contributed by atoms with E-state index in [9.17, 15) is 0 Å². The largest absolute Gasteiger partial charge is 0.113 e. The third-order valence-corrected chi connectivity index (χ3v) is 4.85. The van der Waals surface area contributed by atoms with Crippen LogP contribution in [-0.2, 0) is 6.42 Å². The molecule has 0 aliphatic rings. The van der Waals surface area contributed by atoms with Crippen molar-refractivity contribution in [3.63, 3.8) is 0 Å². The summed E-state index contributed by atoms with van der Waals surface area (Å²) in [5.41, 5.74) is 3.57. The molecule has 2 aromatic rings. The number of rotatable bonds is 4. The van der Waals surface area contributed by atoms with Crippen LogP contribution in [0.2, 0.25) is 0 Å². The van der Waals surface area contributed by atoms with Crippen molar-refractivity contribution in [2.45, 2.75) is 25.6 Å². The van der Waals surface area contributed by atoms with Gasteiger partial charge in [0, 0.05) is 8.95 Å². The van der Waals surface area contributed by atoms with E-state index in [2.05, 4.69) is 76.0 Å². The summed E-state index contributed by atoms with van der Waals surface area (Å²) in [6.07, 6.45) is 1.10. The molecule has 0 aliphatic heterocycles. The molecule has 0 fully saturated rings. The van der Waals surface area contributed by atoms with Crippen LogP contribution in [0.1, 0.15) is 35.9 Å². The summed E-state index contributed by atoms with van der Waals surface area (Å²) >= 11 is 13.7. The second kappa shape index (κ2) is 7.11. The predicted octanol–water partition coefficient (Wildman–Crippen LogP) is 6.74. The highest BCUT2D eigenvalue weighted by Gasteiger charge is 2.14. The third kappa shape index (κ3) is 4.09. The van der Waals surface area contributed by atoms with Gasteiger partial charge in [-0.05, 0) is 47.2 Å². The Morgan fingerprint density at radius 3 is 2.25 bits per heavy atom. The van der Waals surface area contributed by atoms with Crippen molar-refractivity contribution in [1.29, 1.82) is 0 Å². The van der Waals surface area contributed by atoms with Gasteiger partial charge in [-0.15, -0.1) is 11.6 Å². The monoisotopic (exact) mass is 414 g/mol. The molecule has 1 unspecified atom stereocenters. The molecule has 2 aromatic carbocycles. The lowest BCUT2D eigenvalue weighted by molar-refractivity contribution is 0.647. The summed E-state index contributed by atoms with van der Waals surface area (Å²) in [6, 6.07) is 14.7. The fourth-order valence-corrected chi connectivity index (χ4v) is 3.49. The maximum atomic E-state index is 6.62. The van der Waals surface area contributed by atoms with E-state index in [1.165, 1.54) is 5.56 Å². The van der Waals surface area contributed by atoms with E-state index in [0.29, 0.717) is 5.92 Å². The van der Waals surface area contributed by atoms with Crippen molar-refractivity contribution >= 4 is 43.5 Å². The van der Waals surface area contributed by atoms with Crippen molar-refractivity contribution in [3.05, 3.63) is 68.1 Å². The summed E-state index contributed by atoms with van der Waals surface area (Å²) in [4.78, 5) is 0. The molecule has 0 aliphatic carbocycles. The van der Waals surface area contributed by atoms with Gasteiger partial charge in [0.2, 0.25) is 0 Å². The number of halogens is 3. The van der Waals surface area contributed by atoms with Crippen LogP contribution in [0.4, 0.5) is 0 Å². The SMILES string of the molecule is CC(C)Cc1ccc(C(Cl)c2cc(Br)ccc2Br)cc1. The molecule has 20 heavy (non-hydrogen) atoms. The molecule has 0 saturated heterocycles. The fourth-order valence-electron chi connectivity index (χ4n) is 2.18. The lowest BCUT2D eigenvalue weighted by Gasteiger charge is -2.14. The first-order valence-corrected chi connectivity index (χ1v) is 8.67. The van der Waals surface area contributed by atoms with E-state index in [1.807, 2.05) is 12.1 Å². The molecule has 106 valence electrons. The van der Waals surface area contributed by atoms with Crippen LogP contribution >= 0.6 is 43.5 Å². The number of hydrogen-bond acceptors (Lipinski definition) is 0. The van der Waals surface area contributed by atoms with Gasteiger partial charge in [-0.2, -0.15) is 0 Å². The minimum atomic E-state index is -0.144. The van der Waals surface area contributed by atoms with E-state index in [-0.39, 0.29) is 5.38 Å². The average molecular weight is 417 g/mol. The second-order valence-electron chi connectivity index (χ2n) is 5.37. The van der Waals surface area contributed by atoms with Gasteiger partial charge >= 0.3 is 0 Å². The van der Waals surface area contributed by atoms with Crippen LogP contribution in [0.25, 0.3) is 0 Å². The zero-order chi connectivity index (χ0) is 14.7. The lowest BCUT2D eigenvalue weighted by atomic mass is 9.99. The Morgan fingerprint density at radius 1 is 1.00 bits per heavy atom. The number of hydrogen-bond donors (Lipinski definition) is 0. The molecule has 0 nitrogen and oxygen atoms in total. The average Bonchev–Trinajstić information content (AvgIpc) is 2.41. The van der Waals surface area contributed by atoms with Gasteiger partial charge in [-0.1, -0.05) is 70.0 Å². The van der Waals surface area contributed by atoms with E-state index in [1.54, 1.807) is 0 Å². The summed E-state index contributed by atoms with van der Waals surface area (Å²) < 4.78 is 2.07. The lowest BCUT2D eigenvalue weighted by Crippen LogP contribution is -1.97. The third-order valence-electron chi connectivity index (χ3n) is 3.15. The molecule has 0 heterocycles. The first-order chi connectivity index (χ1) is 9.47. The summed E-state index contributed by atoms with van der Waals surface area (Å²) in [6.45, 7) is 4.47. The topological polar surface area (TPSA) is 0 Å². The first-order valence-electron chi connectivity index (χ1n) is 6.65. The maximum absolute atomic E-state index is 6.62. The molecule has 0 spiro atoms. The van der Waals surface area contributed by atoms with Crippen molar-refractivity contribution in [1.82, 2.24) is 0 Å². The van der Waals surface area contributed by atoms with E-state index < -0.39 is 0 Å². The zero-order valence-corrected chi connectivity index (χ0v) is 15.5. The van der Waals surface area contributed by atoms with Crippen LogP contribution in [0.15, 0.2) is 51.4 Å². The van der Waals surface area contributed by atoms with Gasteiger partial charge in [0.05, 0.1) is 5.38 Å². The van der Waals surface area contributed by atoms with Crippen molar-refractivity contribution in [2.75, 3.05) is 0 Å². The standard InChI is InChI=1S/C17H17Br2Cl/c1-11(2)9-12-3-5-13(6-4-12)17(20)15-10-14(18)7-8-16(15)19/h3-8,10-11,17H,9H2,1-2H3. The minimum absolute atomic E-state index is 0.144. The zero-order valence-electron chi connectivity index (χ0n) is 11.5. The molecule has 0 aromatic heterocycles. The van der Waals surface area contributed by atoms with Gasteiger partial charge in [0.1, 0.15) is 0 Å². The Balaban J connectivity index is 2.24. The molecular formula is C17H17Br2Cl. The normalized spacial score (nSPS) is 12.7. The maximum Gasteiger partial charge on any atom is 0.0846 e. The van der Waals surface area contributed by atoms with E-state index >= 15 is 0 Å². The predicted molar refractivity (Wildman–Crippen MR) is 94.5 cm³/mol. The van der Waals surface area contributed by atoms with Crippen molar-refractivity contribution < 1.29 is 0 Å². The molecule has 3 heteroatoms. The van der Waals surface area contributed by atoms with Gasteiger partial charge < -0.3 is 0 Å². The van der Waals surface area contributed by atoms with Crippen LogP contribution in [0.5, 0.6) is 0 Å². The Kier molecular flexibility index (Phi) is 5.71. The number of benzene rings is 2. The Labute approximate surface area is 142 Å². The molecular weight excluding hydrogens is 399 g/mol. The highest BCUT2D eigenvalue weighted by atomic mass is 79.9. The Morgan fingerprint density at radius 2 is 1.65 bits per heavy atom. The quantitative estimate of drug-likeness (QED) is 0.484. The molecule has 0 bridgehead atoms. The molecule has 0 N–H and O–H groups in total. The molecule has 1 atom stereocenters. The first kappa shape index (κ1) is 16.1. The summed E-state index contributed by atoms with van der Waals surface area (Å²) in [7, 11) is 0. The highest BCUT2D eigenvalue weighted by Crippen LogP contribution is 2.35. The van der Waals surface area contributed by atoms with Gasteiger partial charge in [0.15, 0.2) is 0 Å². The molecule has 0 saturated carbocycles. The number of alkyl halides is 1. The Bertz CT molecular complexity index is 576. The Hall–Kier alpha value is -0.310.